The van der Waals surface area contributed by atoms with Crippen molar-refractivity contribution in [2.24, 2.45) is 0 Å². The van der Waals surface area contributed by atoms with Crippen LogP contribution in [0.15, 0.2) is 53.4 Å². The van der Waals surface area contributed by atoms with E-state index < -0.39 is 15.7 Å². The Morgan fingerprint density at radius 2 is 1.68 bits per heavy atom. The lowest BCUT2D eigenvalue weighted by molar-refractivity contribution is 0.102. The summed E-state index contributed by atoms with van der Waals surface area (Å²) in [6.07, 6.45) is 3.25. The Kier molecular flexibility index (Phi) is 4.72. The number of nitrogens with one attached hydrogen (secondary N) is 1. The van der Waals surface area contributed by atoms with E-state index in [1.807, 2.05) is 24.3 Å². The highest BCUT2D eigenvalue weighted by molar-refractivity contribution is 7.90. The van der Waals surface area contributed by atoms with Crippen LogP contribution in [0, 0.1) is 0 Å². The SMILES string of the molecule is CS(=O)(=O)c1cccc(C(=O)Nc2nc3ccccc3nc2N2CCCC2)c1. The molecule has 28 heavy (non-hydrogen) atoms. The number of carbonyl (C=O) groups is 1. The van der Waals surface area contributed by atoms with Crippen molar-refractivity contribution in [1.29, 1.82) is 0 Å². The number of nitrogens with zero attached hydrogens (tertiary/aromatic N) is 3. The van der Waals surface area contributed by atoms with E-state index >= 15 is 0 Å². The minimum absolute atomic E-state index is 0.101. The normalized spacial score (nSPS) is 14.4. The van der Waals surface area contributed by atoms with Crippen molar-refractivity contribution in [1.82, 2.24) is 9.97 Å². The number of hydrogen-bond acceptors (Lipinski definition) is 6. The van der Waals surface area contributed by atoms with E-state index in [-0.39, 0.29) is 10.5 Å². The molecule has 0 saturated carbocycles. The Morgan fingerprint density at radius 3 is 2.36 bits per heavy atom. The van der Waals surface area contributed by atoms with E-state index in [0.29, 0.717) is 17.2 Å². The van der Waals surface area contributed by atoms with Gasteiger partial charge in [-0.2, -0.15) is 0 Å². The molecule has 7 nitrogen and oxygen atoms in total. The van der Waals surface area contributed by atoms with E-state index in [0.717, 1.165) is 37.7 Å². The average molecular weight is 396 g/mol. The molecule has 0 atom stereocenters. The molecule has 4 rings (SSSR count). The number of anilines is 2. The van der Waals surface area contributed by atoms with Gasteiger partial charge in [0.2, 0.25) is 0 Å². The Hall–Kier alpha value is -3.00. The van der Waals surface area contributed by atoms with Crippen molar-refractivity contribution in [3.8, 4) is 0 Å². The first-order valence-electron chi connectivity index (χ1n) is 9.05. The summed E-state index contributed by atoms with van der Waals surface area (Å²) in [5, 5.41) is 2.83. The Labute approximate surface area is 163 Å². The van der Waals surface area contributed by atoms with E-state index in [1.165, 1.54) is 12.1 Å². The first-order chi connectivity index (χ1) is 13.4. The third kappa shape index (κ3) is 3.68. The van der Waals surface area contributed by atoms with E-state index in [9.17, 15) is 13.2 Å². The Morgan fingerprint density at radius 1 is 1.00 bits per heavy atom. The summed E-state index contributed by atoms with van der Waals surface area (Å²) < 4.78 is 23.6. The molecule has 1 aliphatic rings. The van der Waals surface area contributed by atoms with Gasteiger partial charge in [0.15, 0.2) is 21.5 Å². The van der Waals surface area contributed by atoms with Gasteiger partial charge in [0.1, 0.15) is 0 Å². The number of aromatic nitrogens is 2. The number of para-hydroxylation sites is 2. The number of hydrogen-bond donors (Lipinski definition) is 1. The fraction of sp³-hybridized carbons (Fsp3) is 0.250. The topological polar surface area (TPSA) is 92.3 Å². The summed E-state index contributed by atoms with van der Waals surface area (Å²) in [6.45, 7) is 1.72. The average Bonchev–Trinajstić information content (AvgIpc) is 3.21. The van der Waals surface area contributed by atoms with Crippen molar-refractivity contribution >= 4 is 38.4 Å². The summed E-state index contributed by atoms with van der Waals surface area (Å²) >= 11 is 0. The van der Waals surface area contributed by atoms with Crippen LogP contribution in [-0.2, 0) is 9.84 Å². The molecule has 0 aliphatic carbocycles. The number of benzene rings is 2. The second-order valence-electron chi connectivity index (χ2n) is 6.83. The van der Waals surface area contributed by atoms with Gasteiger partial charge in [-0.25, -0.2) is 18.4 Å². The van der Waals surface area contributed by atoms with Crippen LogP contribution in [0.1, 0.15) is 23.2 Å². The second-order valence-corrected chi connectivity index (χ2v) is 8.85. The zero-order chi connectivity index (χ0) is 19.7. The lowest BCUT2D eigenvalue weighted by Gasteiger charge is -2.20. The van der Waals surface area contributed by atoms with Gasteiger partial charge in [-0.1, -0.05) is 18.2 Å². The van der Waals surface area contributed by atoms with Crippen LogP contribution >= 0.6 is 0 Å². The van der Waals surface area contributed by atoms with Gasteiger partial charge in [-0.05, 0) is 43.2 Å². The van der Waals surface area contributed by atoms with Gasteiger partial charge >= 0.3 is 0 Å². The molecule has 8 heteroatoms. The van der Waals surface area contributed by atoms with Crippen LogP contribution in [0.2, 0.25) is 0 Å². The molecule has 1 aliphatic heterocycles. The molecule has 1 fully saturated rings. The van der Waals surface area contributed by atoms with Crippen LogP contribution in [-0.4, -0.2) is 43.6 Å². The van der Waals surface area contributed by atoms with Gasteiger partial charge in [0.05, 0.1) is 15.9 Å². The number of carbonyl (C=O) groups excluding carboxylic acids is 1. The highest BCUT2D eigenvalue weighted by atomic mass is 32.2. The summed E-state index contributed by atoms with van der Waals surface area (Å²) in [7, 11) is -3.40. The lowest BCUT2D eigenvalue weighted by atomic mass is 10.2. The summed E-state index contributed by atoms with van der Waals surface area (Å²) in [5.74, 6) is 0.606. The maximum Gasteiger partial charge on any atom is 0.256 e. The van der Waals surface area contributed by atoms with Crippen LogP contribution in [0.4, 0.5) is 11.6 Å². The Bertz CT molecular complexity index is 1160. The van der Waals surface area contributed by atoms with Crippen LogP contribution in [0.5, 0.6) is 0 Å². The van der Waals surface area contributed by atoms with Crippen molar-refractivity contribution in [2.75, 3.05) is 29.6 Å². The molecule has 0 unspecified atom stereocenters. The highest BCUT2D eigenvalue weighted by Crippen LogP contribution is 2.28. The molecule has 0 bridgehead atoms. The second kappa shape index (κ2) is 7.20. The van der Waals surface area contributed by atoms with Crippen molar-refractivity contribution in [3.63, 3.8) is 0 Å². The van der Waals surface area contributed by atoms with E-state index in [1.54, 1.807) is 12.1 Å². The predicted molar refractivity (Wildman–Crippen MR) is 108 cm³/mol. The molecule has 1 saturated heterocycles. The van der Waals surface area contributed by atoms with Gasteiger partial charge in [0, 0.05) is 24.9 Å². The monoisotopic (exact) mass is 396 g/mol. The van der Waals surface area contributed by atoms with Gasteiger partial charge < -0.3 is 10.2 Å². The molecule has 144 valence electrons. The van der Waals surface area contributed by atoms with Crippen LogP contribution < -0.4 is 10.2 Å². The van der Waals surface area contributed by atoms with E-state index in [2.05, 4.69) is 15.2 Å². The third-order valence-corrected chi connectivity index (χ3v) is 5.82. The molecular formula is C20H20N4O3S. The van der Waals surface area contributed by atoms with Gasteiger partial charge in [-0.3, -0.25) is 4.79 Å². The number of fused-ring (bicyclic) bond motifs is 1. The number of sulfone groups is 1. The maximum atomic E-state index is 12.8. The predicted octanol–water partition coefficient (Wildman–Crippen LogP) is 2.89. The molecule has 1 N–H and O–H groups in total. The minimum atomic E-state index is -3.40. The molecule has 3 aromatic rings. The minimum Gasteiger partial charge on any atom is -0.354 e. The first-order valence-corrected chi connectivity index (χ1v) is 10.9. The molecule has 1 amide bonds. The van der Waals surface area contributed by atoms with Crippen LogP contribution in [0.25, 0.3) is 11.0 Å². The quantitative estimate of drug-likeness (QED) is 0.729. The maximum absolute atomic E-state index is 12.8. The van der Waals surface area contributed by atoms with Gasteiger partial charge in [0.25, 0.3) is 5.91 Å². The zero-order valence-corrected chi connectivity index (χ0v) is 16.2. The summed E-state index contributed by atoms with van der Waals surface area (Å²) in [6, 6.07) is 13.5. The molecule has 2 heterocycles. The smallest absolute Gasteiger partial charge is 0.256 e. The third-order valence-electron chi connectivity index (χ3n) is 4.71. The highest BCUT2D eigenvalue weighted by Gasteiger charge is 2.21. The van der Waals surface area contributed by atoms with Crippen molar-refractivity contribution < 1.29 is 13.2 Å². The molecular weight excluding hydrogens is 376 g/mol. The lowest BCUT2D eigenvalue weighted by Crippen LogP contribution is -2.23. The zero-order valence-electron chi connectivity index (χ0n) is 15.4. The standard InChI is InChI=1S/C20H20N4O3S/c1-28(26,27)15-8-6-7-14(13-15)20(25)23-18-19(24-11-4-5-12-24)22-17-10-3-2-9-16(17)21-18/h2-3,6-10,13H,4-5,11-12H2,1H3,(H,21,23,25). The molecule has 0 spiro atoms. The number of rotatable bonds is 4. The molecule has 1 aromatic heterocycles. The van der Waals surface area contributed by atoms with Crippen LogP contribution in [0.3, 0.4) is 0 Å². The Balaban J connectivity index is 1.72. The summed E-state index contributed by atoms with van der Waals surface area (Å²) in [5.41, 5.74) is 1.71. The van der Waals surface area contributed by atoms with Gasteiger partial charge in [-0.15, -0.1) is 0 Å². The number of amides is 1. The largest absolute Gasteiger partial charge is 0.354 e. The van der Waals surface area contributed by atoms with E-state index in [4.69, 9.17) is 4.98 Å². The fourth-order valence-corrected chi connectivity index (χ4v) is 3.94. The first kappa shape index (κ1) is 18.4. The molecule has 0 radical (unpaired) electrons. The summed E-state index contributed by atoms with van der Waals surface area (Å²) in [4.78, 5) is 24.3. The molecule has 2 aromatic carbocycles. The van der Waals surface area contributed by atoms with Crippen molar-refractivity contribution in [2.45, 2.75) is 17.7 Å². The van der Waals surface area contributed by atoms with Crippen molar-refractivity contribution in [3.05, 3.63) is 54.1 Å². The fourth-order valence-electron chi connectivity index (χ4n) is 3.27.